The third kappa shape index (κ3) is 4.63. The predicted octanol–water partition coefficient (Wildman–Crippen LogP) is 4.22. The molecule has 0 spiro atoms. The molecule has 1 N–H and O–H groups in total. The number of carbonyl (C=O) groups is 1. The molecule has 7 heteroatoms. The minimum atomic E-state index is -3.64. The molecule has 0 aliphatic heterocycles. The zero-order valence-corrected chi connectivity index (χ0v) is 18.6. The zero-order valence-electron chi connectivity index (χ0n) is 17.8. The molecule has 0 radical (unpaired) electrons. The maximum Gasteiger partial charge on any atom is 0.260 e. The number of benzene rings is 4. The Hall–Kier alpha value is -3.71. The van der Waals surface area contributed by atoms with Crippen molar-refractivity contribution in [2.75, 3.05) is 17.1 Å². The Morgan fingerprint density at radius 2 is 1.56 bits per heavy atom. The van der Waals surface area contributed by atoms with E-state index in [1.807, 2.05) is 61.5 Å². The normalized spacial score (nSPS) is 11.8. The molecule has 0 saturated heterocycles. The molecule has 0 atom stereocenters. The van der Waals surface area contributed by atoms with E-state index in [0.717, 1.165) is 43.2 Å². The van der Waals surface area contributed by atoms with Crippen LogP contribution in [-0.2, 0) is 14.8 Å². The van der Waals surface area contributed by atoms with Crippen molar-refractivity contribution in [3.05, 3.63) is 90.0 Å². The van der Waals surface area contributed by atoms with Crippen LogP contribution >= 0.6 is 0 Å². The summed E-state index contributed by atoms with van der Waals surface area (Å²) in [6.07, 6.45) is 2.69. The SMILES string of the molecule is Cc1cccc(N(CC(=O)N/N=C/c2c3ccccc3cc3ccccc23)S(C)(=O)=O)c1. The highest BCUT2D eigenvalue weighted by molar-refractivity contribution is 7.92. The number of rotatable bonds is 6. The minimum Gasteiger partial charge on any atom is -0.271 e. The van der Waals surface area contributed by atoms with E-state index in [9.17, 15) is 13.2 Å². The van der Waals surface area contributed by atoms with Gasteiger partial charge in [0.05, 0.1) is 18.2 Å². The lowest BCUT2D eigenvalue weighted by Gasteiger charge is -2.21. The largest absolute Gasteiger partial charge is 0.271 e. The summed E-state index contributed by atoms with van der Waals surface area (Å²) >= 11 is 0. The molecule has 0 heterocycles. The molecule has 0 bridgehead atoms. The van der Waals surface area contributed by atoms with Crippen LogP contribution in [0.5, 0.6) is 0 Å². The van der Waals surface area contributed by atoms with E-state index in [0.29, 0.717) is 5.69 Å². The van der Waals surface area contributed by atoms with Gasteiger partial charge >= 0.3 is 0 Å². The van der Waals surface area contributed by atoms with Crippen molar-refractivity contribution in [1.82, 2.24) is 5.43 Å². The molecule has 0 aliphatic rings. The highest BCUT2D eigenvalue weighted by Gasteiger charge is 2.20. The fourth-order valence-corrected chi connectivity index (χ4v) is 4.55. The lowest BCUT2D eigenvalue weighted by Crippen LogP contribution is -2.39. The number of amides is 1. The molecular weight excluding hydrogens is 422 g/mol. The van der Waals surface area contributed by atoms with E-state index in [2.05, 4.69) is 16.6 Å². The van der Waals surface area contributed by atoms with Crippen molar-refractivity contribution in [2.24, 2.45) is 5.10 Å². The Morgan fingerprint density at radius 3 is 2.16 bits per heavy atom. The van der Waals surface area contributed by atoms with Crippen molar-refractivity contribution in [2.45, 2.75) is 6.92 Å². The second-order valence-corrected chi connectivity index (χ2v) is 9.54. The van der Waals surface area contributed by atoms with Crippen LogP contribution in [0.1, 0.15) is 11.1 Å². The molecule has 4 aromatic carbocycles. The molecule has 6 nitrogen and oxygen atoms in total. The molecule has 0 aromatic heterocycles. The number of aryl methyl sites for hydroxylation is 1. The number of carbonyl (C=O) groups excluding carboxylic acids is 1. The second-order valence-electron chi connectivity index (χ2n) is 7.63. The molecule has 1 amide bonds. The van der Waals surface area contributed by atoms with Gasteiger partial charge in [0, 0.05) is 5.56 Å². The first-order valence-corrected chi connectivity index (χ1v) is 11.9. The lowest BCUT2D eigenvalue weighted by molar-refractivity contribution is -0.119. The Bertz CT molecular complexity index is 1390. The van der Waals surface area contributed by atoms with Gasteiger partial charge in [0.2, 0.25) is 10.0 Å². The number of nitrogens with zero attached hydrogens (tertiary/aromatic N) is 2. The lowest BCUT2D eigenvalue weighted by atomic mass is 9.97. The van der Waals surface area contributed by atoms with Gasteiger partial charge in [-0.3, -0.25) is 9.10 Å². The quantitative estimate of drug-likeness (QED) is 0.274. The number of sulfonamides is 1. The number of anilines is 1. The third-order valence-electron chi connectivity index (χ3n) is 5.17. The van der Waals surface area contributed by atoms with Crippen LogP contribution in [0.25, 0.3) is 21.5 Å². The van der Waals surface area contributed by atoms with Crippen molar-refractivity contribution in [3.63, 3.8) is 0 Å². The van der Waals surface area contributed by atoms with E-state index >= 15 is 0 Å². The number of nitrogens with one attached hydrogen (secondary N) is 1. The molecule has 4 rings (SSSR count). The molecule has 0 aliphatic carbocycles. The van der Waals surface area contributed by atoms with Gasteiger partial charge in [0.25, 0.3) is 5.91 Å². The van der Waals surface area contributed by atoms with E-state index in [4.69, 9.17) is 0 Å². The molecule has 0 unspecified atom stereocenters. The first-order valence-electron chi connectivity index (χ1n) is 10.1. The van der Waals surface area contributed by atoms with Crippen molar-refractivity contribution >= 4 is 49.4 Å². The van der Waals surface area contributed by atoms with E-state index in [1.165, 1.54) is 0 Å². The topological polar surface area (TPSA) is 78.8 Å². The van der Waals surface area contributed by atoms with Crippen LogP contribution in [-0.4, -0.2) is 33.3 Å². The Morgan fingerprint density at radius 1 is 0.938 bits per heavy atom. The fourth-order valence-electron chi connectivity index (χ4n) is 3.71. The van der Waals surface area contributed by atoms with Gasteiger partial charge in [-0.05, 0) is 52.2 Å². The summed E-state index contributed by atoms with van der Waals surface area (Å²) in [6, 6.07) is 25.1. The molecule has 0 fully saturated rings. The molecular formula is C25H23N3O3S. The van der Waals surface area contributed by atoms with E-state index in [-0.39, 0.29) is 6.54 Å². The van der Waals surface area contributed by atoms with E-state index < -0.39 is 15.9 Å². The maximum absolute atomic E-state index is 12.5. The summed E-state index contributed by atoms with van der Waals surface area (Å²) < 4.78 is 25.6. The standard InChI is InChI=1S/C25H23N3O3S/c1-18-8-7-11-21(14-18)28(32(2,30)31)17-25(29)27-26-16-24-22-12-5-3-9-19(22)15-20-10-4-6-13-23(20)24/h3-16H,17H2,1-2H3,(H,27,29)/b26-16+. The summed E-state index contributed by atoms with van der Waals surface area (Å²) in [4.78, 5) is 12.5. The van der Waals surface area contributed by atoms with Crippen molar-refractivity contribution < 1.29 is 13.2 Å². The highest BCUT2D eigenvalue weighted by atomic mass is 32.2. The van der Waals surface area contributed by atoms with Gasteiger partial charge < -0.3 is 0 Å². The van der Waals surface area contributed by atoms with Crippen LogP contribution in [0.3, 0.4) is 0 Å². The number of hydrogen-bond acceptors (Lipinski definition) is 4. The fraction of sp³-hybridized carbons (Fsp3) is 0.120. The van der Waals surface area contributed by atoms with Crippen molar-refractivity contribution in [1.29, 1.82) is 0 Å². The van der Waals surface area contributed by atoms with Gasteiger partial charge in [0.1, 0.15) is 6.54 Å². The third-order valence-corrected chi connectivity index (χ3v) is 6.31. The monoisotopic (exact) mass is 445 g/mol. The van der Waals surface area contributed by atoms with Gasteiger partial charge in [-0.25, -0.2) is 13.8 Å². The molecule has 32 heavy (non-hydrogen) atoms. The maximum atomic E-state index is 12.5. The summed E-state index contributed by atoms with van der Waals surface area (Å²) in [6.45, 7) is 1.50. The average Bonchev–Trinajstić information content (AvgIpc) is 2.76. The zero-order chi connectivity index (χ0) is 22.7. The number of hydrazone groups is 1. The first-order chi connectivity index (χ1) is 15.3. The van der Waals surface area contributed by atoms with Crippen molar-refractivity contribution in [3.8, 4) is 0 Å². The Kier molecular flexibility index (Phi) is 5.92. The summed E-state index contributed by atoms with van der Waals surface area (Å²) in [5.41, 5.74) is 4.70. The van der Waals surface area contributed by atoms with Gasteiger partial charge in [-0.2, -0.15) is 5.10 Å². The van der Waals surface area contributed by atoms with Gasteiger partial charge in [0.15, 0.2) is 0 Å². The minimum absolute atomic E-state index is 0.365. The first kappa shape index (κ1) is 21.5. The summed E-state index contributed by atoms with van der Waals surface area (Å²) in [7, 11) is -3.64. The second kappa shape index (κ2) is 8.80. The molecule has 4 aromatic rings. The van der Waals surface area contributed by atoms with Gasteiger partial charge in [-0.1, -0.05) is 60.7 Å². The summed E-state index contributed by atoms with van der Waals surface area (Å²) in [5, 5.41) is 8.32. The number of fused-ring (bicyclic) bond motifs is 2. The molecule has 162 valence electrons. The van der Waals surface area contributed by atoms with E-state index in [1.54, 1.807) is 24.4 Å². The number of hydrogen-bond donors (Lipinski definition) is 1. The van der Waals surface area contributed by atoms with Crippen LogP contribution in [0.4, 0.5) is 5.69 Å². The van der Waals surface area contributed by atoms with Crippen LogP contribution < -0.4 is 9.73 Å². The van der Waals surface area contributed by atoms with Crippen LogP contribution in [0, 0.1) is 6.92 Å². The van der Waals surface area contributed by atoms with Crippen LogP contribution in [0.2, 0.25) is 0 Å². The predicted molar refractivity (Wildman–Crippen MR) is 131 cm³/mol. The Balaban J connectivity index is 1.60. The van der Waals surface area contributed by atoms with Gasteiger partial charge in [-0.15, -0.1) is 0 Å². The Labute approximate surface area is 187 Å². The highest BCUT2D eigenvalue weighted by Crippen LogP contribution is 2.27. The summed E-state index contributed by atoms with van der Waals surface area (Å²) in [5.74, 6) is -0.530. The van der Waals surface area contributed by atoms with Crippen LogP contribution in [0.15, 0.2) is 84.0 Å². The smallest absolute Gasteiger partial charge is 0.260 e. The average molecular weight is 446 g/mol. The molecule has 0 saturated carbocycles.